The lowest BCUT2D eigenvalue weighted by Gasteiger charge is -2.24. The second kappa shape index (κ2) is 32.4. The molecule has 1 saturated heterocycles. The molecule has 1 aliphatic rings. The first-order chi connectivity index (χ1) is 22.2. The van der Waals surface area contributed by atoms with E-state index in [0.29, 0.717) is 6.42 Å². The lowest BCUT2D eigenvalue weighted by Crippen LogP contribution is -2.46. The summed E-state index contributed by atoms with van der Waals surface area (Å²) in [6, 6.07) is -0.245. The largest absolute Gasteiger partial charge is 0.354 e. The molecule has 0 aromatic heterocycles. The van der Waals surface area contributed by atoms with E-state index in [1.54, 1.807) is 0 Å². The van der Waals surface area contributed by atoms with E-state index in [1.165, 1.54) is 141 Å². The van der Waals surface area contributed by atoms with Crippen LogP contribution in [0.1, 0.15) is 206 Å². The zero-order valence-electron chi connectivity index (χ0n) is 30.3. The van der Waals surface area contributed by atoms with E-state index in [1.807, 2.05) is 4.90 Å². The number of nitrogens with zero attached hydrogens (tertiary/aromatic N) is 1. The van der Waals surface area contributed by atoms with Gasteiger partial charge in [-0.25, -0.2) is 0 Å². The van der Waals surface area contributed by atoms with Crippen molar-refractivity contribution in [2.45, 2.75) is 213 Å². The molecule has 0 spiro atoms. The molecule has 1 fully saturated rings. The van der Waals surface area contributed by atoms with Crippen molar-refractivity contribution in [2.75, 3.05) is 13.1 Å². The summed E-state index contributed by atoms with van der Waals surface area (Å²) in [5, 5.41) is 3.13. The molecular formula is C41H76N2O2. The van der Waals surface area contributed by atoms with Gasteiger partial charge in [-0.2, -0.15) is 0 Å². The minimum Gasteiger partial charge on any atom is -0.354 e. The average Bonchev–Trinajstić information content (AvgIpc) is 3.55. The van der Waals surface area contributed by atoms with Gasteiger partial charge in [0.05, 0.1) is 0 Å². The molecule has 0 saturated carbocycles. The quantitative estimate of drug-likeness (QED) is 0.0595. The number of amides is 2. The van der Waals surface area contributed by atoms with Gasteiger partial charge in [0.2, 0.25) is 11.8 Å². The number of nitrogens with one attached hydrogen (secondary N) is 1. The van der Waals surface area contributed by atoms with Crippen LogP contribution in [0.5, 0.6) is 0 Å². The number of rotatable bonds is 32. The number of allylic oxidation sites excluding steroid dienone is 4. The SMILES string of the molecule is CCCCCCCCC/C=C/CCCCCCC(=O)N1CCC[C@H]1C(=O)NCCCCCC/C=C/CCCCCCCCCC. The summed E-state index contributed by atoms with van der Waals surface area (Å²) >= 11 is 0. The number of carbonyl (C=O) groups is 2. The Balaban J connectivity index is 1.96. The third kappa shape index (κ3) is 25.2. The molecule has 4 nitrogen and oxygen atoms in total. The molecule has 1 atom stereocenters. The smallest absolute Gasteiger partial charge is 0.242 e. The van der Waals surface area contributed by atoms with Gasteiger partial charge in [-0.15, -0.1) is 0 Å². The van der Waals surface area contributed by atoms with Crippen molar-refractivity contribution < 1.29 is 9.59 Å². The van der Waals surface area contributed by atoms with Crippen molar-refractivity contribution >= 4 is 11.8 Å². The Morgan fingerprint density at radius 1 is 0.556 bits per heavy atom. The van der Waals surface area contributed by atoms with Crippen LogP contribution in [0.3, 0.4) is 0 Å². The number of unbranched alkanes of at least 4 members (excludes halogenated alkanes) is 23. The minimum absolute atomic E-state index is 0.0630. The van der Waals surface area contributed by atoms with Crippen LogP contribution in [0.15, 0.2) is 24.3 Å². The molecule has 2 amide bonds. The first-order valence-electron chi connectivity index (χ1n) is 20.1. The maximum Gasteiger partial charge on any atom is 0.242 e. The first kappa shape index (κ1) is 41.4. The Morgan fingerprint density at radius 2 is 0.956 bits per heavy atom. The van der Waals surface area contributed by atoms with Crippen LogP contribution in [0.25, 0.3) is 0 Å². The zero-order chi connectivity index (χ0) is 32.5. The zero-order valence-corrected chi connectivity index (χ0v) is 30.3. The van der Waals surface area contributed by atoms with Gasteiger partial charge in [0.15, 0.2) is 0 Å². The molecule has 1 N–H and O–H groups in total. The van der Waals surface area contributed by atoms with Gasteiger partial charge in [0, 0.05) is 19.5 Å². The lowest BCUT2D eigenvalue weighted by atomic mass is 10.1. The van der Waals surface area contributed by atoms with Crippen molar-refractivity contribution in [1.29, 1.82) is 0 Å². The van der Waals surface area contributed by atoms with E-state index in [9.17, 15) is 9.59 Å². The molecule has 1 rings (SSSR count). The molecule has 4 heteroatoms. The molecule has 1 heterocycles. The van der Waals surface area contributed by atoms with Crippen LogP contribution >= 0.6 is 0 Å². The molecule has 45 heavy (non-hydrogen) atoms. The highest BCUT2D eigenvalue weighted by Gasteiger charge is 2.33. The van der Waals surface area contributed by atoms with E-state index in [4.69, 9.17) is 0 Å². The predicted molar refractivity (Wildman–Crippen MR) is 197 cm³/mol. The standard InChI is InChI=1S/C41H76N2O2/c1-3-5-7-9-11-13-15-17-19-21-23-25-27-29-31-33-37-42-41(45)39-35-34-38-43(39)40(44)36-32-30-28-26-24-22-20-18-16-14-12-10-8-6-4-2/h20-23,39H,3-19,24-38H2,1-2H3,(H,42,45)/b22-20+,23-21+/t39-/m0/s1. The number of hydrogen-bond donors (Lipinski definition) is 1. The van der Waals surface area contributed by atoms with Crippen molar-refractivity contribution in [3.63, 3.8) is 0 Å². The van der Waals surface area contributed by atoms with Gasteiger partial charge in [-0.05, 0) is 77.0 Å². The summed E-state index contributed by atoms with van der Waals surface area (Å²) in [5.74, 6) is 0.241. The molecule has 262 valence electrons. The lowest BCUT2D eigenvalue weighted by molar-refractivity contribution is -0.138. The Labute approximate surface area is 281 Å². The van der Waals surface area contributed by atoms with Crippen LogP contribution in [-0.2, 0) is 9.59 Å². The fourth-order valence-electron chi connectivity index (χ4n) is 6.53. The highest BCUT2D eigenvalue weighted by Crippen LogP contribution is 2.20. The van der Waals surface area contributed by atoms with Gasteiger partial charge in [0.1, 0.15) is 6.04 Å². The summed E-state index contributed by atoms with van der Waals surface area (Å²) in [7, 11) is 0. The monoisotopic (exact) mass is 629 g/mol. The highest BCUT2D eigenvalue weighted by molar-refractivity contribution is 5.88. The fourth-order valence-corrected chi connectivity index (χ4v) is 6.53. The summed E-state index contributed by atoms with van der Waals surface area (Å²) in [6.45, 7) is 6.03. The number of carbonyl (C=O) groups excluding carboxylic acids is 2. The Kier molecular flexibility index (Phi) is 29.8. The van der Waals surface area contributed by atoms with Crippen LogP contribution in [0.2, 0.25) is 0 Å². The third-order valence-corrected chi connectivity index (χ3v) is 9.52. The Hall–Kier alpha value is -1.58. The van der Waals surface area contributed by atoms with Gasteiger partial charge in [-0.1, -0.05) is 147 Å². The molecule has 0 aromatic rings. The van der Waals surface area contributed by atoms with Gasteiger partial charge >= 0.3 is 0 Å². The van der Waals surface area contributed by atoms with Crippen LogP contribution in [0, 0.1) is 0 Å². The second-order valence-corrected chi connectivity index (χ2v) is 13.8. The van der Waals surface area contributed by atoms with Gasteiger partial charge in [0.25, 0.3) is 0 Å². The third-order valence-electron chi connectivity index (χ3n) is 9.52. The van der Waals surface area contributed by atoms with E-state index in [-0.39, 0.29) is 17.9 Å². The number of likely N-dealkylation sites (tertiary alicyclic amines) is 1. The second-order valence-electron chi connectivity index (χ2n) is 13.8. The van der Waals surface area contributed by atoms with Crippen molar-refractivity contribution in [1.82, 2.24) is 10.2 Å². The molecular weight excluding hydrogens is 552 g/mol. The minimum atomic E-state index is -0.245. The van der Waals surface area contributed by atoms with Crippen molar-refractivity contribution in [3.05, 3.63) is 24.3 Å². The maximum atomic E-state index is 12.9. The van der Waals surface area contributed by atoms with Crippen molar-refractivity contribution in [2.24, 2.45) is 0 Å². The predicted octanol–water partition coefficient (Wildman–Crippen LogP) is 12.2. The van der Waals surface area contributed by atoms with E-state index in [2.05, 4.69) is 43.5 Å². The Morgan fingerprint density at radius 3 is 1.42 bits per heavy atom. The van der Waals surface area contributed by atoms with Crippen LogP contribution < -0.4 is 5.32 Å². The molecule has 0 aromatic carbocycles. The van der Waals surface area contributed by atoms with Gasteiger partial charge in [-0.3, -0.25) is 9.59 Å². The van der Waals surface area contributed by atoms with E-state index >= 15 is 0 Å². The molecule has 1 aliphatic heterocycles. The van der Waals surface area contributed by atoms with E-state index < -0.39 is 0 Å². The summed E-state index contributed by atoms with van der Waals surface area (Å²) in [4.78, 5) is 27.5. The Bertz CT molecular complexity index is 731. The van der Waals surface area contributed by atoms with Crippen molar-refractivity contribution in [3.8, 4) is 0 Å². The first-order valence-corrected chi connectivity index (χ1v) is 20.1. The summed E-state index contributed by atoms with van der Waals surface area (Å²) in [6.07, 6.45) is 46.5. The average molecular weight is 629 g/mol. The molecule has 0 bridgehead atoms. The summed E-state index contributed by atoms with van der Waals surface area (Å²) < 4.78 is 0. The normalized spacial score (nSPS) is 15.2. The fraction of sp³-hybridized carbons (Fsp3) is 0.854. The van der Waals surface area contributed by atoms with Crippen LogP contribution in [0.4, 0.5) is 0 Å². The van der Waals surface area contributed by atoms with Crippen LogP contribution in [-0.4, -0.2) is 35.8 Å². The number of hydrogen-bond acceptors (Lipinski definition) is 2. The van der Waals surface area contributed by atoms with Gasteiger partial charge < -0.3 is 10.2 Å². The molecule has 0 aliphatic carbocycles. The maximum absolute atomic E-state index is 12.9. The topological polar surface area (TPSA) is 49.4 Å². The highest BCUT2D eigenvalue weighted by atomic mass is 16.2. The molecule has 0 unspecified atom stereocenters. The van der Waals surface area contributed by atoms with E-state index in [0.717, 1.165) is 58.0 Å². The molecule has 0 radical (unpaired) electrons. The summed E-state index contributed by atoms with van der Waals surface area (Å²) in [5.41, 5.74) is 0.